The molecule has 7 heteroatoms. The molecule has 0 saturated heterocycles. The molecule has 0 fully saturated rings. The first kappa shape index (κ1) is 16.7. The lowest BCUT2D eigenvalue weighted by Crippen LogP contribution is -2.27. The molecule has 1 aromatic heterocycles. The van der Waals surface area contributed by atoms with Crippen LogP contribution in [0.3, 0.4) is 0 Å². The van der Waals surface area contributed by atoms with Gasteiger partial charge in [0.1, 0.15) is 12.4 Å². The van der Waals surface area contributed by atoms with Crippen LogP contribution in [0.1, 0.15) is 16.1 Å². The number of halogens is 2. The van der Waals surface area contributed by atoms with Crippen molar-refractivity contribution in [1.82, 2.24) is 9.88 Å². The number of hydrogen-bond donors (Lipinski definition) is 1. The van der Waals surface area contributed by atoms with Crippen molar-refractivity contribution in [3.8, 4) is 11.5 Å². The van der Waals surface area contributed by atoms with E-state index < -0.39 is 18.9 Å². The number of aromatic hydroxyl groups is 1. The van der Waals surface area contributed by atoms with Crippen LogP contribution in [0, 0.1) is 0 Å². The molecule has 23 heavy (non-hydrogen) atoms. The molecule has 122 valence electrons. The Morgan fingerprint density at radius 1 is 1.30 bits per heavy atom. The fourth-order valence-corrected chi connectivity index (χ4v) is 1.95. The van der Waals surface area contributed by atoms with Gasteiger partial charge in [-0.15, -0.1) is 0 Å². The largest absolute Gasteiger partial charge is 0.508 e. The summed E-state index contributed by atoms with van der Waals surface area (Å²) in [5, 5.41) is 9.25. The molecule has 0 unspecified atom stereocenters. The van der Waals surface area contributed by atoms with Crippen molar-refractivity contribution in [3.63, 3.8) is 0 Å². The molecule has 0 radical (unpaired) electrons. The summed E-state index contributed by atoms with van der Waals surface area (Å²) >= 11 is 0. The Bertz CT molecular complexity index is 663. The number of carbonyl (C=O) groups excluding carboxylic acids is 1. The smallest absolute Gasteiger partial charge is 0.276 e. The first-order valence-electron chi connectivity index (χ1n) is 6.86. The maximum atomic E-state index is 12.4. The van der Waals surface area contributed by atoms with Crippen LogP contribution in [0.15, 0.2) is 42.6 Å². The van der Waals surface area contributed by atoms with Gasteiger partial charge in [0, 0.05) is 19.8 Å². The normalized spacial score (nSPS) is 10.6. The third-order valence-electron chi connectivity index (χ3n) is 3.04. The van der Waals surface area contributed by atoms with E-state index in [9.17, 15) is 18.7 Å². The second kappa shape index (κ2) is 7.53. The van der Waals surface area contributed by atoms with Crippen LogP contribution in [0.4, 0.5) is 8.78 Å². The Balaban J connectivity index is 2.11. The van der Waals surface area contributed by atoms with Gasteiger partial charge in [-0.1, -0.05) is 12.1 Å². The number of phenolic OH excluding ortho intramolecular Hbond substituents is 1. The van der Waals surface area contributed by atoms with E-state index in [-0.39, 0.29) is 23.7 Å². The fraction of sp³-hybridized carbons (Fsp3) is 0.250. The van der Waals surface area contributed by atoms with E-state index in [1.165, 1.54) is 35.4 Å². The van der Waals surface area contributed by atoms with Crippen LogP contribution in [0.5, 0.6) is 11.5 Å². The summed E-state index contributed by atoms with van der Waals surface area (Å²) < 4.78 is 29.5. The monoisotopic (exact) mass is 322 g/mol. The molecular weight excluding hydrogens is 306 g/mol. The first-order valence-corrected chi connectivity index (χ1v) is 6.86. The predicted molar refractivity (Wildman–Crippen MR) is 79.6 cm³/mol. The topological polar surface area (TPSA) is 62.7 Å². The SMILES string of the molecule is CN(Cc1ccc(O)cc1)C(=O)c1ncccc1OCC(F)F. The Morgan fingerprint density at radius 3 is 2.65 bits per heavy atom. The van der Waals surface area contributed by atoms with Gasteiger partial charge in [-0.05, 0) is 29.8 Å². The summed E-state index contributed by atoms with van der Waals surface area (Å²) in [6, 6.07) is 9.35. The number of benzene rings is 1. The third kappa shape index (κ3) is 4.64. The van der Waals surface area contributed by atoms with Gasteiger partial charge in [-0.2, -0.15) is 0 Å². The molecule has 0 atom stereocenters. The Hall–Kier alpha value is -2.70. The minimum absolute atomic E-state index is 0.0190. The second-order valence-corrected chi connectivity index (χ2v) is 4.88. The highest BCUT2D eigenvalue weighted by molar-refractivity contribution is 5.94. The van der Waals surface area contributed by atoms with Crippen LogP contribution in [0.25, 0.3) is 0 Å². The number of pyridine rings is 1. The number of aromatic nitrogens is 1. The summed E-state index contributed by atoms with van der Waals surface area (Å²) in [4.78, 5) is 17.8. The van der Waals surface area contributed by atoms with Crippen LogP contribution in [-0.2, 0) is 6.54 Å². The molecular formula is C16H16F2N2O3. The minimum Gasteiger partial charge on any atom is -0.508 e. The maximum absolute atomic E-state index is 12.4. The minimum atomic E-state index is -2.63. The van der Waals surface area contributed by atoms with E-state index in [4.69, 9.17) is 4.74 Å². The van der Waals surface area contributed by atoms with Crippen LogP contribution in [-0.4, -0.2) is 41.0 Å². The number of nitrogens with zero attached hydrogens (tertiary/aromatic N) is 2. The highest BCUT2D eigenvalue weighted by atomic mass is 19.3. The molecule has 1 amide bonds. The van der Waals surface area contributed by atoms with Crippen LogP contribution < -0.4 is 4.74 Å². The summed E-state index contributed by atoms with van der Waals surface area (Å²) in [6.45, 7) is -0.516. The van der Waals surface area contributed by atoms with Gasteiger partial charge in [0.25, 0.3) is 12.3 Å². The van der Waals surface area contributed by atoms with Crippen molar-refractivity contribution in [1.29, 1.82) is 0 Å². The molecule has 0 bridgehead atoms. The van der Waals surface area contributed by atoms with Gasteiger partial charge in [0.05, 0.1) is 0 Å². The number of alkyl halides is 2. The quantitative estimate of drug-likeness (QED) is 0.888. The lowest BCUT2D eigenvalue weighted by atomic mass is 10.2. The molecule has 0 spiro atoms. The Morgan fingerprint density at radius 2 is 2.00 bits per heavy atom. The lowest BCUT2D eigenvalue weighted by Gasteiger charge is -2.18. The third-order valence-corrected chi connectivity index (χ3v) is 3.04. The van der Waals surface area contributed by atoms with Crippen molar-refractivity contribution >= 4 is 5.91 Å². The van der Waals surface area contributed by atoms with Gasteiger partial charge in [-0.25, -0.2) is 13.8 Å². The number of phenols is 1. The van der Waals surface area contributed by atoms with Gasteiger partial charge in [0.2, 0.25) is 0 Å². The van der Waals surface area contributed by atoms with Gasteiger partial charge in [-0.3, -0.25) is 4.79 Å². The zero-order chi connectivity index (χ0) is 16.8. The molecule has 5 nitrogen and oxygen atoms in total. The number of carbonyl (C=O) groups is 1. The van der Waals surface area contributed by atoms with Crippen molar-refractivity contribution in [3.05, 3.63) is 53.9 Å². The molecule has 1 aromatic carbocycles. The van der Waals surface area contributed by atoms with E-state index in [0.29, 0.717) is 0 Å². The van der Waals surface area contributed by atoms with Crippen LogP contribution in [0.2, 0.25) is 0 Å². The van der Waals surface area contributed by atoms with E-state index in [1.54, 1.807) is 19.2 Å². The van der Waals surface area contributed by atoms with E-state index in [0.717, 1.165) is 5.56 Å². The number of amides is 1. The van der Waals surface area contributed by atoms with Crippen molar-refractivity contribution in [2.75, 3.05) is 13.7 Å². The van der Waals surface area contributed by atoms with Crippen molar-refractivity contribution < 1.29 is 23.4 Å². The summed E-state index contributed by atoms with van der Waals surface area (Å²) in [6.07, 6.45) is -1.23. The molecule has 0 saturated carbocycles. The maximum Gasteiger partial charge on any atom is 0.276 e. The molecule has 0 aliphatic carbocycles. The summed E-state index contributed by atoms with van der Waals surface area (Å²) in [5.41, 5.74) is 0.791. The molecule has 0 aliphatic heterocycles. The summed E-state index contributed by atoms with van der Waals surface area (Å²) in [7, 11) is 1.57. The highest BCUT2D eigenvalue weighted by Crippen LogP contribution is 2.19. The number of rotatable bonds is 6. The molecule has 1 N–H and O–H groups in total. The molecule has 0 aliphatic rings. The van der Waals surface area contributed by atoms with Gasteiger partial charge < -0.3 is 14.7 Å². The zero-order valence-corrected chi connectivity index (χ0v) is 12.4. The predicted octanol–water partition coefficient (Wildman–Crippen LogP) is 2.70. The van der Waals surface area contributed by atoms with Crippen molar-refractivity contribution in [2.45, 2.75) is 13.0 Å². The Kier molecular flexibility index (Phi) is 5.46. The molecule has 2 aromatic rings. The van der Waals surface area contributed by atoms with Crippen LogP contribution >= 0.6 is 0 Å². The van der Waals surface area contributed by atoms with Gasteiger partial charge >= 0.3 is 0 Å². The summed E-state index contributed by atoms with van der Waals surface area (Å²) in [5.74, 6) is -0.284. The lowest BCUT2D eigenvalue weighted by molar-refractivity contribution is 0.0725. The average Bonchev–Trinajstić information content (AvgIpc) is 2.54. The fourth-order valence-electron chi connectivity index (χ4n) is 1.95. The first-order chi connectivity index (χ1) is 11.0. The number of hydrogen-bond acceptors (Lipinski definition) is 4. The molecule has 2 rings (SSSR count). The average molecular weight is 322 g/mol. The Labute approximate surface area is 132 Å². The standard InChI is InChI=1S/C16H16F2N2O3/c1-20(9-11-4-6-12(21)7-5-11)16(22)15-13(3-2-8-19-15)23-10-14(17)18/h2-8,14,21H,9-10H2,1H3. The van der Waals surface area contributed by atoms with E-state index >= 15 is 0 Å². The van der Waals surface area contributed by atoms with E-state index in [2.05, 4.69) is 4.98 Å². The number of ether oxygens (including phenoxy) is 1. The zero-order valence-electron chi connectivity index (χ0n) is 12.4. The van der Waals surface area contributed by atoms with E-state index in [1.807, 2.05) is 0 Å². The van der Waals surface area contributed by atoms with Crippen molar-refractivity contribution in [2.24, 2.45) is 0 Å². The van der Waals surface area contributed by atoms with Gasteiger partial charge in [0.15, 0.2) is 11.4 Å². The second-order valence-electron chi connectivity index (χ2n) is 4.88. The highest BCUT2D eigenvalue weighted by Gasteiger charge is 2.19. The molecule has 1 heterocycles.